The van der Waals surface area contributed by atoms with E-state index in [0.29, 0.717) is 24.1 Å². The number of hydrogen-bond acceptors (Lipinski definition) is 5. The minimum Gasteiger partial charge on any atom is -0.351 e. The van der Waals surface area contributed by atoms with Crippen LogP contribution >= 0.6 is 11.3 Å². The zero-order valence-corrected chi connectivity index (χ0v) is 22.3. The van der Waals surface area contributed by atoms with Gasteiger partial charge < -0.3 is 15.2 Å². The van der Waals surface area contributed by atoms with Gasteiger partial charge in [-0.2, -0.15) is 5.10 Å². The van der Waals surface area contributed by atoms with Crippen LogP contribution in [0.15, 0.2) is 103 Å². The summed E-state index contributed by atoms with van der Waals surface area (Å²) in [5.74, 6) is -0.728. The predicted molar refractivity (Wildman–Crippen MR) is 153 cm³/mol. The Morgan fingerprint density at radius 2 is 1.85 bits per heavy atom. The molecule has 0 atom stereocenters. The molecule has 0 spiro atoms. The summed E-state index contributed by atoms with van der Waals surface area (Å²) in [5.41, 5.74) is 4.00. The highest BCUT2D eigenvalue weighted by molar-refractivity contribution is 7.13. The van der Waals surface area contributed by atoms with Gasteiger partial charge in [-0.15, -0.1) is 11.3 Å². The standard InChI is InChI=1S/C30H28N6O2S/c1-22-10-12-23(13-11-22)29(37)33-26(30(38)32-14-6-16-35-17-15-31-21-35)19-24-20-36(25-7-3-2-4-8-25)34-28(24)27-9-5-18-39-27/h2-5,7-13,15,17-21H,6,14,16H2,1H3,(H,32,38)(H,33,37)/b26-19-. The van der Waals surface area contributed by atoms with Gasteiger partial charge in [-0.25, -0.2) is 9.67 Å². The normalized spacial score (nSPS) is 11.4. The third-order valence-electron chi connectivity index (χ3n) is 6.06. The van der Waals surface area contributed by atoms with E-state index >= 15 is 0 Å². The lowest BCUT2D eigenvalue weighted by atomic mass is 10.1. The Labute approximate surface area is 230 Å². The molecule has 0 aliphatic carbocycles. The number of benzene rings is 2. The van der Waals surface area contributed by atoms with Crippen molar-refractivity contribution in [2.75, 3.05) is 6.54 Å². The lowest BCUT2D eigenvalue weighted by Gasteiger charge is -2.11. The van der Waals surface area contributed by atoms with Crippen LogP contribution in [0, 0.1) is 6.92 Å². The van der Waals surface area contributed by atoms with Gasteiger partial charge in [0.1, 0.15) is 11.4 Å². The van der Waals surface area contributed by atoms with E-state index in [-0.39, 0.29) is 17.5 Å². The zero-order chi connectivity index (χ0) is 27.0. The van der Waals surface area contributed by atoms with Gasteiger partial charge in [-0.3, -0.25) is 9.59 Å². The summed E-state index contributed by atoms with van der Waals surface area (Å²) in [5, 5.41) is 12.6. The lowest BCUT2D eigenvalue weighted by molar-refractivity contribution is -0.117. The average molecular weight is 537 g/mol. The van der Waals surface area contributed by atoms with Crippen molar-refractivity contribution in [3.05, 3.63) is 119 Å². The Morgan fingerprint density at radius 3 is 2.56 bits per heavy atom. The van der Waals surface area contributed by atoms with Crippen LogP contribution in [0.2, 0.25) is 0 Å². The first kappa shape index (κ1) is 25.9. The van der Waals surface area contributed by atoms with Crippen LogP contribution in [-0.2, 0) is 11.3 Å². The molecule has 39 heavy (non-hydrogen) atoms. The molecule has 2 amide bonds. The van der Waals surface area contributed by atoms with Crippen LogP contribution < -0.4 is 10.6 Å². The molecule has 8 nitrogen and oxygen atoms in total. The van der Waals surface area contributed by atoms with E-state index in [1.165, 1.54) is 0 Å². The maximum atomic E-state index is 13.4. The van der Waals surface area contributed by atoms with E-state index in [1.807, 2.05) is 83.9 Å². The van der Waals surface area contributed by atoms with E-state index in [2.05, 4.69) is 15.6 Å². The highest BCUT2D eigenvalue weighted by Crippen LogP contribution is 2.29. The van der Waals surface area contributed by atoms with Gasteiger partial charge in [0.25, 0.3) is 11.8 Å². The van der Waals surface area contributed by atoms with Crippen LogP contribution in [0.3, 0.4) is 0 Å². The summed E-state index contributed by atoms with van der Waals surface area (Å²) in [7, 11) is 0. The molecule has 0 aliphatic rings. The molecule has 3 aromatic heterocycles. The second kappa shape index (κ2) is 12.2. The average Bonchev–Trinajstić information content (AvgIpc) is 3.74. The molecule has 5 aromatic rings. The number of carbonyl (C=O) groups is 2. The van der Waals surface area contributed by atoms with Crippen molar-refractivity contribution in [3.63, 3.8) is 0 Å². The molecule has 9 heteroatoms. The number of hydrogen-bond donors (Lipinski definition) is 2. The van der Waals surface area contributed by atoms with Gasteiger partial charge in [-0.1, -0.05) is 42.0 Å². The van der Waals surface area contributed by atoms with E-state index < -0.39 is 0 Å². The zero-order valence-electron chi connectivity index (χ0n) is 21.4. The molecule has 0 saturated heterocycles. The fraction of sp³-hybridized carbons (Fsp3) is 0.133. The molecule has 0 saturated carbocycles. The van der Waals surface area contributed by atoms with E-state index in [1.54, 1.807) is 46.8 Å². The number of aromatic nitrogens is 4. The number of amides is 2. The molecular formula is C30H28N6O2S. The molecule has 0 fully saturated rings. The van der Waals surface area contributed by atoms with Crippen molar-refractivity contribution in [2.24, 2.45) is 0 Å². The number of aryl methyl sites for hydroxylation is 2. The molecular weight excluding hydrogens is 508 g/mol. The molecule has 5 rings (SSSR count). The Kier molecular flexibility index (Phi) is 8.09. The fourth-order valence-corrected chi connectivity index (χ4v) is 4.73. The van der Waals surface area contributed by atoms with E-state index in [0.717, 1.165) is 28.4 Å². The van der Waals surface area contributed by atoms with Gasteiger partial charge in [0.05, 0.1) is 16.9 Å². The molecule has 3 heterocycles. The fourth-order valence-electron chi connectivity index (χ4n) is 4.00. The molecule has 0 aliphatic heterocycles. The summed E-state index contributed by atoms with van der Waals surface area (Å²) >= 11 is 1.56. The van der Waals surface area contributed by atoms with Crippen molar-refractivity contribution >= 4 is 29.2 Å². The van der Waals surface area contributed by atoms with Crippen molar-refractivity contribution in [1.29, 1.82) is 0 Å². The second-order valence-electron chi connectivity index (χ2n) is 8.98. The number of rotatable bonds is 10. The number of nitrogens with one attached hydrogen (secondary N) is 2. The molecule has 196 valence electrons. The van der Waals surface area contributed by atoms with Crippen LogP contribution in [0.5, 0.6) is 0 Å². The van der Waals surface area contributed by atoms with E-state index in [4.69, 9.17) is 5.10 Å². The van der Waals surface area contributed by atoms with Crippen molar-refractivity contribution in [3.8, 4) is 16.3 Å². The maximum Gasteiger partial charge on any atom is 0.267 e. The molecule has 2 aromatic carbocycles. The van der Waals surface area contributed by atoms with Crippen LogP contribution in [0.1, 0.15) is 27.9 Å². The Morgan fingerprint density at radius 1 is 1.03 bits per heavy atom. The number of para-hydroxylation sites is 1. The largest absolute Gasteiger partial charge is 0.351 e. The third kappa shape index (κ3) is 6.58. The Hall–Kier alpha value is -4.76. The number of carbonyl (C=O) groups excluding carboxylic acids is 2. The SMILES string of the molecule is Cc1ccc(C(=O)N/C(=C\c2cn(-c3ccccc3)nc2-c2cccs2)C(=O)NCCCn2ccnc2)cc1. The highest BCUT2D eigenvalue weighted by atomic mass is 32.1. The predicted octanol–water partition coefficient (Wildman–Crippen LogP) is 5.08. The summed E-state index contributed by atoms with van der Waals surface area (Å²) in [6.07, 6.45) is 9.62. The van der Waals surface area contributed by atoms with Crippen molar-refractivity contribution < 1.29 is 9.59 Å². The van der Waals surface area contributed by atoms with Crippen molar-refractivity contribution in [2.45, 2.75) is 19.9 Å². The number of nitrogens with zero attached hydrogens (tertiary/aromatic N) is 4. The molecule has 0 unspecified atom stereocenters. The number of thiophene rings is 1. The first-order valence-electron chi connectivity index (χ1n) is 12.6. The minimum atomic E-state index is -0.370. The van der Waals surface area contributed by atoms with Crippen LogP contribution in [-0.4, -0.2) is 37.7 Å². The van der Waals surface area contributed by atoms with E-state index in [9.17, 15) is 9.59 Å². The van der Waals surface area contributed by atoms with Crippen molar-refractivity contribution in [1.82, 2.24) is 30.0 Å². The minimum absolute atomic E-state index is 0.147. The van der Waals surface area contributed by atoms with Gasteiger partial charge >= 0.3 is 0 Å². The Balaban J connectivity index is 1.45. The first-order chi connectivity index (χ1) is 19.1. The summed E-state index contributed by atoms with van der Waals surface area (Å²) in [4.78, 5) is 31.5. The first-order valence-corrected chi connectivity index (χ1v) is 13.5. The summed E-state index contributed by atoms with van der Waals surface area (Å²) in [6, 6.07) is 20.9. The molecule has 0 bridgehead atoms. The highest BCUT2D eigenvalue weighted by Gasteiger charge is 2.18. The summed E-state index contributed by atoms with van der Waals surface area (Å²) < 4.78 is 3.73. The quantitative estimate of drug-likeness (QED) is 0.192. The molecule has 0 radical (unpaired) electrons. The van der Waals surface area contributed by atoms with Crippen LogP contribution in [0.4, 0.5) is 0 Å². The maximum absolute atomic E-state index is 13.4. The number of imidazole rings is 1. The van der Waals surface area contributed by atoms with Gasteiger partial charge in [-0.05, 0) is 55.1 Å². The second-order valence-corrected chi connectivity index (χ2v) is 9.93. The third-order valence-corrected chi connectivity index (χ3v) is 6.94. The monoisotopic (exact) mass is 536 g/mol. The summed E-state index contributed by atoms with van der Waals surface area (Å²) in [6.45, 7) is 3.12. The van der Waals surface area contributed by atoms with Crippen LogP contribution in [0.25, 0.3) is 22.3 Å². The molecule has 2 N–H and O–H groups in total. The Bertz CT molecular complexity index is 1550. The van der Waals surface area contributed by atoms with Gasteiger partial charge in [0, 0.05) is 42.8 Å². The lowest BCUT2D eigenvalue weighted by Crippen LogP contribution is -2.35. The smallest absolute Gasteiger partial charge is 0.267 e. The topological polar surface area (TPSA) is 93.8 Å². The van der Waals surface area contributed by atoms with Gasteiger partial charge in [0.2, 0.25) is 0 Å². The van der Waals surface area contributed by atoms with Gasteiger partial charge in [0.15, 0.2) is 0 Å².